The van der Waals surface area contributed by atoms with Crippen LogP contribution >= 0.6 is 23.4 Å². The summed E-state index contributed by atoms with van der Waals surface area (Å²) in [6.07, 6.45) is 4.11. The molecule has 2 rings (SSSR count). The lowest BCUT2D eigenvalue weighted by molar-refractivity contribution is 0.0946. The summed E-state index contributed by atoms with van der Waals surface area (Å²) < 4.78 is 5.29. The highest BCUT2D eigenvalue weighted by Gasteiger charge is 2.16. The van der Waals surface area contributed by atoms with Crippen LogP contribution in [0.15, 0.2) is 34.9 Å². The van der Waals surface area contributed by atoms with E-state index < -0.39 is 0 Å². The second-order valence-electron chi connectivity index (χ2n) is 4.77. The van der Waals surface area contributed by atoms with E-state index in [0.717, 1.165) is 17.7 Å². The van der Waals surface area contributed by atoms with Gasteiger partial charge in [-0.15, -0.1) is 0 Å². The number of thioether (sulfide) groups is 1. The molecule has 1 heterocycles. The lowest BCUT2D eigenvalue weighted by Crippen LogP contribution is -2.23. The average molecular weight is 340 g/mol. The van der Waals surface area contributed by atoms with Crippen molar-refractivity contribution in [3.63, 3.8) is 0 Å². The molecule has 0 aliphatic rings. The van der Waals surface area contributed by atoms with Crippen LogP contribution in [0.2, 0.25) is 5.02 Å². The highest BCUT2D eigenvalue weighted by molar-refractivity contribution is 7.98. The molecule has 0 radical (unpaired) electrons. The number of carbonyl (C=O) groups excluding carboxylic acids is 1. The number of nitrogens with two attached hydrogens (primary N) is 1. The number of carbonyl (C=O) groups is 1. The number of oxazole rings is 1. The van der Waals surface area contributed by atoms with Gasteiger partial charge in [-0.1, -0.05) is 23.7 Å². The van der Waals surface area contributed by atoms with E-state index in [4.69, 9.17) is 21.8 Å². The monoisotopic (exact) mass is 339 g/mol. The summed E-state index contributed by atoms with van der Waals surface area (Å²) in [5.41, 5.74) is 7.16. The number of rotatable bonds is 7. The van der Waals surface area contributed by atoms with E-state index in [1.165, 1.54) is 6.26 Å². The van der Waals surface area contributed by atoms with Gasteiger partial charge in [-0.25, -0.2) is 4.98 Å². The van der Waals surface area contributed by atoms with Gasteiger partial charge in [0.05, 0.1) is 6.04 Å². The fraction of sp³-hybridized carbons (Fsp3) is 0.333. The van der Waals surface area contributed by atoms with E-state index in [-0.39, 0.29) is 17.6 Å². The quantitative estimate of drug-likeness (QED) is 0.810. The molecule has 0 saturated heterocycles. The highest BCUT2D eigenvalue weighted by Crippen LogP contribution is 2.15. The Hall–Kier alpha value is -1.50. The largest absolute Gasteiger partial charge is 0.446 e. The van der Waals surface area contributed by atoms with Crippen molar-refractivity contribution >= 4 is 29.3 Å². The van der Waals surface area contributed by atoms with Gasteiger partial charge in [-0.2, -0.15) is 11.8 Å². The molecule has 7 heteroatoms. The molecule has 0 spiro atoms. The Bertz CT molecular complexity index is 616. The Labute approximate surface area is 138 Å². The Kier molecular flexibility index (Phi) is 6.30. The first kappa shape index (κ1) is 16.9. The fourth-order valence-electron chi connectivity index (χ4n) is 1.81. The van der Waals surface area contributed by atoms with Crippen molar-refractivity contribution in [1.82, 2.24) is 10.3 Å². The zero-order valence-corrected chi connectivity index (χ0v) is 13.8. The summed E-state index contributed by atoms with van der Waals surface area (Å²) in [5, 5.41) is 3.44. The van der Waals surface area contributed by atoms with E-state index in [2.05, 4.69) is 10.3 Å². The summed E-state index contributed by atoms with van der Waals surface area (Å²) in [6.45, 7) is 0.400. The lowest BCUT2D eigenvalue weighted by Gasteiger charge is -2.05. The molecule has 5 nitrogen and oxygen atoms in total. The maximum Gasteiger partial charge on any atom is 0.273 e. The lowest BCUT2D eigenvalue weighted by atomic mass is 10.2. The number of nitrogens with zero attached hydrogens (tertiary/aromatic N) is 1. The van der Waals surface area contributed by atoms with Gasteiger partial charge in [0.15, 0.2) is 5.69 Å². The van der Waals surface area contributed by atoms with Crippen molar-refractivity contribution in [3.8, 4) is 0 Å². The fourth-order valence-corrected chi connectivity index (χ4v) is 2.42. The molecule has 0 aliphatic heterocycles. The van der Waals surface area contributed by atoms with Crippen LogP contribution < -0.4 is 11.1 Å². The molecule has 0 saturated carbocycles. The topological polar surface area (TPSA) is 81.1 Å². The first-order valence-electron chi connectivity index (χ1n) is 6.82. The highest BCUT2D eigenvalue weighted by atomic mass is 35.5. The van der Waals surface area contributed by atoms with Crippen molar-refractivity contribution in [2.24, 2.45) is 5.73 Å². The maximum atomic E-state index is 12.0. The summed E-state index contributed by atoms with van der Waals surface area (Å²) in [5.74, 6) is 1.02. The molecule has 0 aliphatic carbocycles. The van der Waals surface area contributed by atoms with Gasteiger partial charge in [0.1, 0.15) is 6.26 Å². The van der Waals surface area contributed by atoms with Crippen molar-refractivity contribution in [2.45, 2.75) is 19.0 Å². The van der Waals surface area contributed by atoms with Gasteiger partial charge in [-0.05, 0) is 36.1 Å². The summed E-state index contributed by atoms with van der Waals surface area (Å²) in [7, 11) is 0. The van der Waals surface area contributed by atoms with E-state index in [1.807, 2.05) is 18.4 Å². The van der Waals surface area contributed by atoms with Crippen LogP contribution in [0.5, 0.6) is 0 Å². The molecular weight excluding hydrogens is 322 g/mol. The molecule has 1 aromatic carbocycles. The van der Waals surface area contributed by atoms with Crippen molar-refractivity contribution in [2.75, 3.05) is 12.0 Å². The van der Waals surface area contributed by atoms with E-state index in [9.17, 15) is 4.79 Å². The number of hydrogen-bond acceptors (Lipinski definition) is 5. The Morgan fingerprint density at radius 3 is 2.86 bits per heavy atom. The minimum atomic E-state index is -0.290. The maximum absolute atomic E-state index is 12.0. The molecule has 1 amide bonds. The number of aromatic nitrogens is 1. The number of benzene rings is 1. The minimum absolute atomic E-state index is 0.239. The molecule has 3 N–H and O–H groups in total. The number of hydrogen-bond donors (Lipinski definition) is 2. The average Bonchev–Trinajstić information content (AvgIpc) is 3.02. The molecule has 1 unspecified atom stereocenters. The van der Waals surface area contributed by atoms with Gasteiger partial charge in [-0.3, -0.25) is 4.79 Å². The van der Waals surface area contributed by atoms with E-state index in [0.29, 0.717) is 17.5 Å². The van der Waals surface area contributed by atoms with Gasteiger partial charge < -0.3 is 15.5 Å². The summed E-state index contributed by atoms with van der Waals surface area (Å²) >= 11 is 7.52. The van der Waals surface area contributed by atoms with E-state index in [1.54, 1.807) is 23.9 Å². The molecule has 1 atom stereocenters. The molecule has 1 aromatic heterocycles. The van der Waals surface area contributed by atoms with Gasteiger partial charge in [0, 0.05) is 11.6 Å². The van der Waals surface area contributed by atoms with Crippen LogP contribution in [-0.2, 0) is 6.54 Å². The second kappa shape index (κ2) is 8.22. The summed E-state index contributed by atoms with van der Waals surface area (Å²) in [6, 6.07) is 6.99. The second-order valence-corrected chi connectivity index (χ2v) is 6.19. The Morgan fingerprint density at radius 1 is 1.45 bits per heavy atom. The van der Waals surface area contributed by atoms with Gasteiger partial charge in [0.2, 0.25) is 5.89 Å². The first-order valence-corrected chi connectivity index (χ1v) is 8.60. The van der Waals surface area contributed by atoms with Crippen LogP contribution in [-0.4, -0.2) is 22.9 Å². The van der Waals surface area contributed by atoms with Crippen molar-refractivity contribution in [1.29, 1.82) is 0 Å². The van der Waals surface area contributed by atoms with Crippen molar-refractivity contribution in [3.05, 3.63) is 52.7 Å². The summed E-state index contributed by atoms with van der Waals surface area (Å²) in [4.78, 5) is 16.2. The SMILES string of the molecule is CSCCC(N)c1nc(C(=O)NCc2ccc(Cl)cc2)co1. The third-order valence-electron chi connectivity index (χ3n) is 3.07. The molecule has 0 fully saturated rings. The predicted octanol–water partition coefficient (Wildman–Crippen LogP) is 3.01. The first-order chi connectivity index (χ1) is 10.6. The number of nitrogens with one attached hydrogen (secondary N) is 1. The van der Waals surface area contributed by atoms with Crippen LogP contribution in [0.4, 0.5) is 0 Å². The number of amides is 1. The van der Waals surface area contributed by atoms with Crippen LogP contribution in [0.1, 0.15) is 34.4 Å². The molecule has 22 heavy (non-hydrogen) atoms. The Morgan fingerprint density at radius 2 is 2.18 bits per heavy atom. The zero-order valence-electron chi connectivity index (χ0n) is 12.2. The third kappa shape index (κ3) is 4.76. The predicted molar refractivity (Wildman–Crippen MR) is 89.1 cm³/mol. The van der Waals surface area contributed by atoms with Gasteiger partial charge >= 0.3 is 0 Å². The van der Waals surface area contributed by atoms with Gasteiger partial charge in [0.25, 0.3) is 5.91 Å². The molecular formula is C15H18ClN3O2S. The zero-order chi connectivity index (χ0) is 15.9. The standard InChI is InChI=1S/C15H18ClN3O2S/c1-22-7-6-12(17)15-19-13(9-21-15)14(20)18-8-10-2-4-11(16)5-3-10/h2-5,9,12H,6-8,17H2,1H3,(H,18,20). The van der Waals surface area contributed by atoms with E-state index >= 15 is 0 Å². The normalized spacial score (nSPS) is 12.1. The smallest absolute Gasteiger partial charge is 0.273 e. The van der Waals surface area contributed by atoms with Crippen molar-refractivity contribution < 1.29 is 9.21 Å². The molecule has 0 bridgehead atoms. The van der Waals surface area contributed by atoms with Crippen LogP contribution in [0.3, 0.4) is 0 Å². The number of halogens is 1. The Balaban J connectivity index is 1.90. The molecule has 118 valence electrons. The minimum Gasteiger partial charge on any atom is -0.446 e. The van der Waals surface area contributed by atoms with Crippen LogP contribution in [0, 0.1) is 0 Å². The van der Waals surface area contributed by atoms with Crippen LogP contribution in [0.25, 0.3) is 0 Å². The molecule has 2 aromatic rings. The third-order valence-corrected chi connectivity index (χ3v) is 3.97.